The van der Waals surface area contributed by atoms with E-state index in [1.807, 2.05) is 11.7 Å². The molecule has 0 fully saturated rings. The van der Waals surface area contributed by atoms with Gasteiger partial charge in [-0.3, -0.25) is 4.68 Å². The Hall–Kier alpha value is -0.940. The van der Waals surface area contributed by atoms with Crippen LogP contribution in [0.2, 0.25) is 0 Å². The van der Waals surface area contributed by atoms with E-state index in [-0.39, 0.29) is 0 Å². The summed E-state index contributed by atoms with van der Waals surface area (Å²) in [5, 5.41) is 7.66. The van der Waals surface area contributed by atoms with Crippen LogP contribution in [0.15, 0.2) is 6.33 Å². The second-order valence-electron chi connectivity index (χ2n) is 4.56. The smallest absolute Gasteiger partial charge is 0.138 e. The van der Waals surface area contributed by atoms with Gasteiger partial charge < -0.3 is 10.1 Å². The first-order valence-electron chi connectivity index (χ1n) is 6.91. The van der Waals surface area contributed by atoms with Gasteiger partial charge in [0.15, 0.2) is 0 Å². The summed E-state index contributed by atoms with van der Waals surface area (Å²) < 4.78 is 7.40. The molecule has 1 aromatic rings. The number of nitrogens with one attached hydrogen (secondary N) is 1. The molecule has 104 valence electrons. The number of hydrogen-bond donors (Lipinski definition) is 1. The zero-order valence-electron chi connectivity index (χ0n) is 11.9. The van der Waals surface area contributed by atoms with Crippen molar-refractivity contribution < 1.29 is 4.74 Å². The molecule has 5 nitrogen and oxygen atoms in total. The van der Waals surface area contributed by atoms with E-state index in [2.05, 4.69) is 29.2 Å². The maximum absolute atomic E-state index is 5.56. The summed E-state index contributed by atoms with van der Waals surface area (Å²) in [7, 11) is 1.94. The highest BCUT2D eigenvalue weighted by Gasteiger charge is 2.12. The van der Waals surface area contributed by atoms with Gasteiger partial charge in [-0.2, -0.15) is 5.10 Å². The lowest BCUT2D eigenvalue weighted by atomic mass is 10.1. The van der Waals surface area contributed by atoms with Gasteiger partial charge in [-0.15, -0.1) is 0 Å². The average Bonchev–Trinajstić information content (AvgIpc) is 2.77. The Morgan fingerprint density at radius 2 is 2.17 bits per heavy atom. The minimum Gasteiger partial charge on any atom is -0.381 e. The van der Waals surface area contributed by atoms with Gasteiger partial charge in [0.1, 0.15) is 12.2 Å². The number of ether oxygens (including phenoxy) is 1. The molecule has 0 saturated heterocycles. The van der Waals surface area contributed by atoms with Gasteiger partial charge in [-0.1, -0.05) is 13.8 Å². The lowest BCUT2D eigenvalue weighted by Gasteiger charge is -2.18. The fourth-order valence-electron chi connectivity index (χ4n) is 1.82. The molecule has 5 heteroatoms. The third kappa shape index (κ3) is 5.60. The highest BCUT2D eigenvalue weighted by molar-refractivity contribution is 4.89. The third-order valence-corrected chi connectivity index (χ3v) is 2.88. The third-order valence-electron chi connectivity index (χ3n) is 2.88. The Bertz CT molecular complexity index is 314. The maximum atomic E-state index is 5.56. The molecule has 1 unspecified atom stereocenters. The molecule has 0 radical (unpaired) electrons. The number of nitrogens with zero attached hydrogens (tertiary/aromatic N) is 3. The lowest BCUT2D eigenvalue weighted by molar-refractivity contribution is 0.124. The number of aryl methyl sites for hydroxylation is 1. The number of hydrogen-bond acceptors (Lipinski definition) is 4. The Labute approximate surface area is 110 Å². The summed E-state index contributed by atoms with van der Waals surface area (Å²) in [6.45, 7) is 7.01. The Balaban J connectivity index is 2.37. The molecular weight excluding hydrogens is 228 g/mol. The van der Waals surface area contributed by atoms with E-state index in [0.29, 0.717) is 6.04 Å². The number of aromatic nitrogens is 3. The van der Waals surface area contributed by atoms with Crippen molar-refractivity contribution in [3.05, 3.63) is 12.2 Å². The highest BCUT2D eigenvalue weighted by atomic mass is 16.5. The molecule has 0 aliphatic carbocycles. The quantitative estimate of drug-likeness (QED) is 0.644. The molecule has 0 bridgehead atoms. The van der Waals surface area contributed by atoms with Crippen molar-refractivity contribution in [1.82, 2.24) is 20.1 Å². The van der Waals surface area contributed by atoms with E-state index < -0.39 is 0 Å². The van der Waals surface area contributed by atoms with Crippen molar-refractivity contribution in [2.24, 2.45) is 7.05 Å². The molecule has 1 rings (SSSR count). The van der Waals surface area contributed by atoms with E-state index in [1.165, 1.54) is 0 Å². The van der Waals surface area contributed by atoms with Gasteiger partial charge in [0.25, 0.3) is 0 Å². The molecule has 0 spiro atoms. The monoisotopic (exact) mass is 254 g/mol. The molecule has 1 aromatic heterocycles. The fraction of sp³-hybridized carbons (Fsp3) is 0.846. The Morgan fingerprint density at radius 1 is 1.33 bits per heavy atom. The minimum absolute atomic E-state index is 0.421. The van der Waals surface area contributed by atoms with Crippen LogP contribution < -0.4 is 5.32 Å². The van der Waals surface area contributed by atoms with Crippen LogP contribution in [0.1, 0.15) is 38.9 Å². The van der Waals surface area contributed by atoms with Crippen molar-refractivity contribution in [2.45, 2.75) is 45.6 Å². The van der Waals surface area contributed by atoms with Crippen LogP contribution >= 0.6 is 0 Å². The van der Waals surface area contributed by atoms with Crippen molar-refractivity contribution in [2.75, 3.05) is 19.8 Å². The number of rotatable bonds is 10. The molecule has 0 saturated carbocycles. The molecule has 1 N–H and O–H groups in total. The largest absolute Gasteiger partial charge is 0.381 e. The van der Waals surface area contributed by atoms with Gasteiger partial charge in [0.2, 0.25) is 0 Å². The maximum Gasteiger partial charge on any atom is 0.138 e. The summed E-state index contributed by atoms with van der Waals surface area (Å²) in [5.41, 5.74) is 0. The summed E-state index contributed by atoms with van der Waals surface area (Å²) in [4.78, 5) is 4.28. The highest BCUT2D eigenvalue weighted by Crippen LogP contribution is 2.03. The molecule has 1 atom stereocenters. The topological polar surface area (TPSA) is 52.0 Å². The molecule has 0 amide bonds. The van der Waals surface area contributed by atoms with E-state index in [4.69, 9.17) is 4.74 Å². The van der Waals surface area contributed by atoms with Gasteiger partial charge in [0.05, 0.1) is 0 Å². The van der Waals surface area contributed by atoms with Crippen molar-refractivity contribution in [1.29, 1.82) is 0 Å². The lowest BCUT2D eigenvalue weighted by Crippen LogP contribution is -2.34. The standard InChI is InChI=1S/C13H26N4O/c1-4-7-14-12(6-9-18-8-5-2)10-13-15-11-16-17(13)3/h11-12,14H,4-10H2,1-3H3. The molecule has 18 heavy (non-hydrogen) atoms. The van der Waals surface area contributed by atoms with Crippen LogP contribution in [0.4, 0.5) is 0 Å². The van der Waals surface area contributed by atoms with Crippen molar-refractivity contribution in [3.8, 4) is 0 Å². The molecule has 1 heterocycles. The summed E-state index contributed by atoms with van der Waals surface area (Å²) >= 11 is 0. The summed E-state index contributed by atoms with van der Waals surface area (Å²) in [6.07, 6.45) is 5.76. The van der Waals surface area contributed by atoms with Gasteiger partial charge in [-0.05, 0) is 25.8 Å². The minimum atomic E-state index is 0.421. The first-order chi connectivity index (χ1) is 8.77. The predicted molar refractivity (Wildman–Crippen MR) is 72.5 cm³/mol. The first-order valence-corrected chi connectivity index (χ1v) is 6.91. The SMILES string of the molecule is CCCNC(CCOCCC)Cc1ncnn1C. The van der Waals surface area contributed by atoms with Crippen molar-refractivity contribution in [3.63, 3.8) is 0 Å². The van der Waals surface area contributed by atoms with Crippen LogP contribution in [0, 0.1) is 0 Å². The summed E-state index contributed by atoms with van der Waals surface area (Å²) in [6, 6.07) is 0.421. The Kier molecular flexibility index (Phi) is 7.60. The van der Waals surface area contributed by atoms with Crippen LogP contribution in [0.5, 0.6) is 0 Å². The second kappa shape index (κ2) is 9.05. The van der Waals surface area contributed by atoms with Crippen molar-refractivity contribution >= 4 is 0 Å². The van der Waals surface area contributed by atoms with Crippen LogP contribution in [0.25, 0.3) is 0 Å². The van der Waals surface area contributed by atoms with E-state index in [0.717, 1.165) is 51.3 Å². The van der Waals surface area contributed by atoms with E-state index in [9.17, 15) is 0 Å². The van der Waals surface area contributed by atoms with Crippen LogP contribution in [-0.2, 0) is 18.2 Å². The molecule has 0 aliphatic heterocycles. The van der Waals surface area contributed by atoms with E-state index >= 15 is 0 Å². The molecular formula is C13H26N4O. The average molecular weight is 254 g/mol. The zero-order valence-corrected chi connectivity index (χ0v) is 11.9. The predicted octanol–water partition coefficient (Wildman–Crippen LogP) is 1.54. The zero-order chi connectivity index (χ0) is 13.2. The van der Waals surface area contributed by atoms with E-state index in [1.54, 1.807) is 6.33 Å². The molecule has 0 aliphatic rings. The first kappa shape index (κ1) is 15.1. The second-order valence-corrected chi connectivity index (χ2v) is 4.56. The molecule has 0 aromatic carbocycles. The van der Waals surface area contributed by atoms with Crippen LogP contribution in [0.3, 0.4) is 0 Å². The van der Waals surface area contributed by atoms with Gasteiger partial charge in [0, 0.05) is 32.7 Å². The fourth-order valence-corrected chi connectivity index (χ4v) is 1.82. The normalized spacial score (nSPS) is 12.8. The Morgan fingerprint density at radius 3 is 2.78 bits per heavy atom. The summed E-state index contributed by atoms with van der Waals surface area (Å²) in [5.74, 6) is 1.03. The van der Waals surface area contributed by atoms with Crippen LogP contribution in [-0.4, -0.2) is 40.6 Å². The van der Waals surface area contributed by atoms with Gasteiger partial charge >= 0.3 is 0 Å². The van der Waals surface area contributed by atoms with Gasteiger partial charge in [-0.25, -0.2) is 4.98 Å².